The van der Waals surface area contributed by atoms with E-state index in [-0.39, 0.29) is 5.41 Å². The van der Waals surface area contributed by atoms with E-state index in [1.807, 2.05) is 27.8 Å². The van der Waals surface area contributed by atoms with E-state index < -0.39 is 5.67 Å². The van der Waals surface area contributed by atoms with E-state index in [1.165, 1.54) is 0 Å². The monoisotopic (exact) mass is 188 g/mol. The van der Waals surface area contributed by atoms with Crippen LogP contribution in [-0.4, -0.2) is 43.8 Å². The molecule has 0 spiro atoms. The molecule has 2 atom stereocenters. The van der Waals surface area contributed by atoms with Gasteiger partial charge in [0.05, 0.1) is 0 Å². The molecule has 1 N–H and O–H groups in total. The van der Waals surface area contributed by atoms with Crippen molar-refractivity contribution in [1.82, 2.24) is 10.2 Å². The zero-order valence-electron chi connectivity index (χ0n) is 9.15. The third-order valence-electron chi connectivity index (χ3n) is 3.14. The Morgan fingerprint density at radius 2 is 1.85 bits per heavy atom. The van der Waals surface area contributed by atoms with Gasteiger partial charge >= 0.3 is 0 Å². The van der Waals surface area contributed by atoms with Crippen LogP contribution in [0.15, 0.2) is 0 Å². The van der Waals surface area contributed by atoms with Crippen molar-refractivity contribution in [3.8, 4) is 0 Å². The molecule has 0 aromatic heterocycles. The van der Waals surface area contributed by atoms with Crippen LogP contribution in [0.3, 0.4) is 0 Å². The molecule has 13 heavy (non-hydrogen) atoms. The molecule has 0 saturated carbocycles. The zero-order chi connectivity index (χ0) is 10.1. The van der Waals surface area contributed by atoms with Crippen molar-refractivity contribution < 1.29 is 4.39 Å². The molecule has 2 aliphatic rings. The maximum Gasteiger partial charge on any atom is 0.143 e. The smallest absolute Gasteiger partial charge is 0.143 e. The second kappa shape index (κ2) is 3.54. The van der Waals surface area contributed by atoms with Crippen molar-refractivity contribution in [3.63, 3.8) is 0 Å². The van der Waals surface area contributed by atoms with Gasteiger partial charge in [-0.25, -0.2) is 4.39 Å². The number of alkyl halides is 1. The van der Waals surface area contributed by atoms with Crippen molar-refractivity contribution in [3.05, 3.63) is 0 Å². The van der Waals surface area contributed by atoms with Crippen LogP contribution in [0.1, 0.15) is 20.8 Å². The topological polar surface area (TPSA) is 15.3 Å². The summed E-state index contributed by atoms with van der Waals surface area (Å²) in [6, 6.07) is 0. The molecule has 0 aromatic rings. The van der Waals surface area contributed by atoms with Gasteiger partial charge in [0, 0.05) is 31.6 Å². The van der Waals surface area contributed by atoms with Crippen LogP contribution in [0.4, 0.5) is 4.39 Å². The molecule has 0 bridgehead atoms. The highest BCUT2D eigenvalue weighted by Gasteiger charge is 2.57. The van der Waals surface area contributed by atoms with Crippen molar-refractivity contribution in [1.29, 1.82) is 0 Å². The van der Waals surface area contributed by atoms with Crippen LogP contribution in [-0.2, 0) is 0 Å². The number of rotatable bonds is 0. The molecule has 0 amide bonds. The predicted octanol–water partition coefficient (Wildman–Crippen LogP) is 1.28. The fraction of sp³-hybridized carbons (Fsp3) is 1.00. The standard InChI is InChI=1S/C8H15FN2.C2H6/c1-7-3-10-4-8(7,9)6-11(2)5-7;1-2/h10H,3-6H2,1-2H3;1-2H3. The van der Waals surface area contributed by atoms with Crippen LogP contribution >= 0.6 is 0 Å². The fourth-order valence-corrected chi connectivity index (χ4v) is 2.43. The van der Waals surface area contributed by atoms with Crippen molar-refractivity contribution in [2.24, 2.45) is 5.41 Å². The third kappa shape index (κ3) is 1.59. The minimum atomic E-state index is -0.970. The lowest BCUT2D eigenvalue weighted by Gasteiger charge is -2.26. The number of halogens is 1. The van der Waals surface area contributed by atoms with E-state index in [9.17, 15) is 4.39 Å². The van der Waals surface area contributed by atoms with Crippen molar-refractivity contribution in [2.75, 3.05) is 33.2 Å². The van der Waals surface area contributed by atoms with Gasteiger partial charge in [0.2, 0.25) is 0 Å². The quantitative estimate of drug-likeness (QED) is 0.616. The molecule has 2 unspecified atom stereocenters. The summed E-state index contributed by atoms with van der Waals surface area (Å²) >= 11 is 0. The lowest BCUT2D eigenvalue weighted by molar-refractivity contribution is 0.106. The summed E-state index contributed by atoms with van der Waals surface area (Å²) in [6.45, 7) is 8.88. The molecule has 0 aliphatic carbocycles. The summed E-state index contributed by atoms with van der Waals surface area (Å²) in [5.74, 6) is 0. The fourth-order valence-electron chi connectivity index (χ4n) is 2.43. The Kier molecular flexibility index (Phi) is 2.98. The second-order valence-corrected chi connectivity index (χ2v) is 4.30. The Balaban J connectivity index is 0.000000396. The molecule has 0 aromatic carbocycles. The number of hydrogen-bond donors (Lipinski definition) is 1. The van der Waals surface area contributed by atoms with Crippen LogP contribution in [0.2, 0.25) is 0 Å². The van der Waals surface area contributed by atoms with Gasteiger partial charge in [-0.2, -0.15) is 0 Å². The molecule has 2 nitrogen and oxygen atoms in total. The van der Waals surface area contributed by atoms with E-state index in [0.717, 1.165) is 13.1 Å². The molecule has 2 heterocycles. The molecule has 2 aliphatic heterocycles. The van der Waals surface area contributed by atoms with Gasteiger partial charge in [-0.3, -0.25) is 0 Å². The summed E-state index contributed by atoms with van der Waals surface area (Å²) < 4.78 is 14.0. The Hall–Kier alpha value is -0.150. The summed E-state index contributed by atoms with van der Waals surface area (Å²) in [5, 5.41) is 3.12. The Morgan fingerprint density at radius 1 is 1.23 bits per heavy atom. The largest absolute Gasteiger partial charge is 0.313 e. The first-order chi connectivity index (χ1) is 6.06. The van der Waals surface area contributed by atoms with Gasteiger partial charge < -0.3 is 10.2 Å². The minimum absolute atomic E-state index is 0.137. The first kappa shape index (κ1) is 10.9. The molecule has 2 rings (SSSR count). The number of hydrogen-bond acceptors (Lipinski definition) is 2. The average molecular weight is 188 g/mol. The lowest BCUT2D eigenvalue weighted by Crippen LogP contribution is -2.40. The van der Waals surface area contributed by atoms with Crippen LogP contribution < -0.4 is 5.32 Å². The molecule has 2 saturated heterocycles. The van der Waals surface area contributed by atoms with E-state index in [0.29, 0.717) is 13.1 Å². The number of likely N-dealkylation sites (tertiary alicyclic amines) is 1. The number of nitrogens with one attached hydrogen (secondary N) is 1. The Labute approximate surface area is 80.5 Å². The summed E-state index contributed by atoms with van der Waals surface area (Å²) in [7, 11) is 1.99. The van der Waals surface area contributed by atoms with E-state index in [4.69, 9.17) is 0 Å². The highest BCUT2D eigenvalue weighted by Crippen LogP contribution is 2.43. The Bertz CT molecular complexity index is 168. The maximum absolute atomic E-state index is 14.0. The zero-order valence-corrected chi connectivity index (χ0v) is 9.15. The van der Waals surface area contributed by atoms with Gasteiger partial charge in [0.25, 0.3) is 0 Å². The van der Waals surface area contributed by atoms with Gasteiger partial charge in [-0.1, -0.05) is 20.8 Å². The first-order valence-corrected chi connectivity index (χ1v) is 5.14. The van der Waals surface area contributed by atoms with Crippen LogP contribution in [0.25, 0.3) is 0 Å². The highest BCUT2D eigenvalue weighted by atomic mass is 19.1. The molecule has 0 radical (unpaired) electrons. The molecule has 2 fully saturated rings. The minimum Gasteiger partial charge on any atom is -0.313 e. The van der Waals surface area contributed by atoms with Crippen LogP contribution in [0, 0.1) is 5.41 Å². The van der Waals surface area contributed by atoms with Gasteiger partial charge in [-0.05, 0) is 7.05 Å². The maximum atomic E-state index is 14.0. The summed E-state index contributed by atoms with van der Waals surface area (Å²) in [6.07, 6.45) is 0. The summed E-state index contributed by atoms with van der Waals surface area (Å²) in [5.41, 5.74) is -1.11. The SMILES string of the molecule is CC.CN1CC2(C)CNCC2(F)C1. The molecule has 3 heteroatoms. The van der Waals surface area contributed by atoms with Gasteiger partial charge in [0.15, 0.2) is 0 Å². The number of fused-ring (bicyclic) bond motifs is 1. The normalized spacial score (nSPS) is 44.1. The first-order valence-electron chi connectivity index (χ1n) is 5.14. The highest BCUT2D eigenvalue weighted by molar-refractivity contribution is 5.11. The number of nitrogens with zero attached hydrogens (tertiary/aromatic N) is 1. The van der Waals surface area contributed by atoms with E-state index >= 15 is 0 Å². The summed E-state index contributed by atoms with van der Waals surface area (Å²) in [4.78, 5) is 2.08. The second-order valence-electron chi connectivity index (χ2n) is 4.30. The predicted molar refractivity (Wildman–Crippen MR) is 53.7 cm³/mol. The van der Waals surface area contributed by atoms with E-state index in [1.54, 1.807) is 0 Å². The van der Waals surface area contributed by atoms with Crippen molar-refractivity contribution >= 4 is 0 Å². The lowest BCUT2D eigenvalue weighted by atomic mass is 9.81. The van der Waals surface area contributed by atoms with Crippen LogP contribution in [0.5, 0.6) is 0 Å². The molecular weight excluding hydrogens is 167 g/mol. The molecule has 78 valence electrons. The average Bonchev–Trinajstić information content (AvgIpc) is 2.40. The molecular formula is C10H21FN2. The van der Waals surface area contributed by atoms with Gasteiger partial charge in [-0.15, -0.1) is 0 Å². The van der Waals surface area contributed by atoms with Gasteiger partial charge in [0.1, 0.15) is 5.67 Å². The third-order valence-corrected chi connectivity index (χ3v) is 3.14. The Morgan fingerprint density at radius 3 is 2.38 bits per heavy atom. The van der Waals surface area contributed by atoms with E-state index in [2.05, 4.69) is 10.2 Å². The van der Waals surface area contributed by atoms with Crippen molar-refractivity contribution in [2.45, 2.75) is 26.4 Å².